The Hall–Kier alpha value is -4.86. The minimum absolute atomic E-state index is 0.0748. The highest BCUT2D eigenvalue weighted by Gasteiger charge is 2.42. The third-order valence-corrected chi connectivity index (χ3v) is 14.9. The molecule has 354 valence electrons. The average Bonchev–Trinajstić information content (AvgIpc) is 4.00. The molecule has 0 spiro atoms. The molecule has 3 aromatic rings. The van der Waals surface area contributed by atoms with Crippen molar-refractivity contribution in [1.29, 1.82) is 0 Å². The highest BCUT2D eigenvalue weighted by atomic mass is 16.5. The van der Waals surface area contributed by atoms with Crippen molar-refractivity contribution < 1.29 is 29.3 Å². The standard InChI is InChI=1S/C55H78N4O6/c1-13-39-34(7)41-29-46-48(38(11)60)36(9)43(57-46)27-42-35(8)40(52(58-42)50-51(55(63)64-12)54(62)49-37(10)44(59-53(49)50)28-45(39)56-41)23-24-47(61)65-26-25-33(6)22-16-21-32(5)20-15-19-31(4)18-14-17-30(2)3/h25,27-32,34-35,39-40,51,57,59-60,62H,13-24,26H2,1-12H3/b33-25+,42-27?,45-28?,46-29?,48-38+/t31-,32-,34-,35+,39+,40+,51-/m1/s1. The van der Waals surface area contributed by atoms with E-state index in [0.717, 1.165) is 81.1 Å². The van der Waals surface area contributed by atoms with Crippen molar-refractivity contribution in [3.8, 4) is 0 Å². The number of hydrogen-bond acceptors (Lipinski definition) is 8. The number of carbonyl (C=O) groups excluding carboxylic acids is 2. The Morgan fingerprint density at radius 3 is 2.05 bits per heavy atom. The maximum atomic E-state index is 13.7. The molecule has 5 heterocycles. The Bertz CT molecular complexity index is 2540. The number of nitrogens with one attached hydrogen (secondary N) is 2. The highest BCUT2D eigenvalue weighted by Crippen LogP contribution is 2.46. The maximum Gasteiger partial charge on any atom is 0.321 e. The van der Waals surface area contributed by atoms with Crippen molar-refractivity contribution in [2.75, 3.05) is 13.7 Å². The molecule has 8 bridgehead atoms. The lowest BCUT2D eigenvalue weighted by molar-refractivity contribution is -0.143. The van der Waals surface area contributed by atoms with E-state index in [0.29, 0.717) is 34.3 Å². The zero-order valence-electron chi connectivity index (χ0n) is 41.5. The number of esters is 2. The summed E-state index contributed by atoms with van der Waals surface area (Å²) in [4.78, 5) is 44.8. The van der Waals surface area contributed by atoms with Crippen LogP contribution in [0.2, 0.25) is 0 Å². The van der Waals surface area contributed by atoms with Gasteiger partial charge in [0.05, 0.1) is 29.6 Å². The molecular formula is C55H78N4O6. The second kappa shape index (κ2) is 21.6. The minimum Gasteiger partial charge on any atom is -0.512 e. The van der Waals surface area contributed by atoms with Crippen LogP contribution in [0.3, 0.4) is 0 Å². The number of aliphatic hydroxyl groups is 2. The number of aromatic nitrogens is 4. The van der Waals surface area contributed by atoms with Gasteiger partial charge >= 0.3 is 11.9 Å². The van der Waals surface area contributed by atoms with Gasteiger partial charge in [-0.2, -0.15) is 0 Å². The van der Waals surface area contributed by atoms with Crippen LogP contribution in [0.5, 0.6) is 0 Å². The van der Waals surface area contributed by atoms with Gasteiger partial charge in [0.15, 0.2) is 0 Å². The molecule has 0 saturated heterocycles. The van der Waals surface area contributed by atoms with Crippen molar-refractivity contribution in [2.45, 2.75) is 183 Å². The van der Waals surface area contributed by atoms with E-state index >= 15 is 0 Å². The van der Waals surface area contributed by atoms with Crippen LogP contribution in [0.4, 0.5) is 0 Å². The quantitative estimate of drug-likeness (QED) is 0.0686. The summed E-state index contributed by atoms with van der Waals surface area (Å²) in [5, 5.41) is 24.2. The van der Waals surface area contributed by atoms with Crippen molar-refractivity contribution in [3.63, 3.8) is 0 Å². The number of fused-ring (bicyclic) bond motifs is 8. The van der Waals surface area contributed by atoms with Crippen LogP contribution < -0.4 is 10.4 Å². The molecule has 10 nitrogen and oxygen atoms in total. The summed E-state index contributed by atoms with van der Waals surface area (Å²) in [7, 11) is 1.33. The van der Waals surface area contributed by atoms with Gasteiger partial charge < -0.3 is 29.7 Å². The Balaban J connectivity index is 1.25. The summed E-state index contributed by atoms with van der Waals surface area (Å²) in [5.74, 6) is 0.302. The van der Waals surface area contributed by atoms with Gasteiger partial charge in [0.1, 0.15) is 18.3 Å². The van der Waals surface area contributed by atoms with E-state index in [2.05, 4.69) is 77.5 Å². The molecule has 6 rings (SSSR count). The number of hydrogen-bond donors (Lipinski definition) is 4. The van der Waals surface area contributed by atoms with E-state index in [-0.39, 0.29) is 54.2 Å². The summed E-state index contributed by atoms with van der Waals surface area (Å²) >= 11 is 0. The van der Waals surface area contributed by atoms with Crippen molar-refractivity contribution >= 4 is 45.5 Å². The van der Waals surface area contributed by atoms with E-state index in [1.165, 1.54) is 57.6 Å². The predicted octanol–water partition coefficient (Wildman–Crippen LogP) is 12.4. The number of carbonyl (C=O) groups is 2. The smallest absolute Gasteiger partial charge is 0.321 e. The topological polar surface area (TPSA) is 150 Å². The first-order chi connectivity index (χ1) is 30.9. The molecule has 2 aliphatic heterocycles. The SMILES string of the molecule is CC[C@@H]1c2cc3[nH]c4c(c5nc(cc6[nH]c(cc(n2)[C@@H]1C)/c(=C(\C)O)c6C)[C@@H](C)[C@@H]5CCC(=O)OC/C=C(\C)CCC[C@H](C)CCC[C@H](C)CCCC(C)C)[C@@H](C(=O)OC)C(O)=c4c3C. The summed E-state index contributed by atoms with van der Waals surface area (Å²) < 4.78 is 11.1. The molecule has 3 aromatic heterocycles. The van der Waals surface area contributed by atoms with Gasteiger partial charge in [0.25, 0.3) is 0 Å². The number of rotatable bonds is 19. The van der Waals surface area contributed by atoms with Crippen molar-refractivity contribution in [1.82, 2.24) is 19.9 Å². The van der Waals surface area contributed by atoms with Gasteiger partial charge in [-0.3, -0.25) is 19.6 Å². The number of methoxy groups -OCH3 is 1. The van der Waals surface area contributed by atoms with Crippen LogP contribution in [-0.2, 0) is 19.1 Å². The van der Waals surface area contributed by atoms with Gasteiger partial charge in [0, 0.05) is 74.2 Å². The summed E-state index contributed by atoms with van der Waals surface area (Å²) in [6.45, 7) is 23.8. The Labute approximate surface area is 387 Å². The lowest BCUT2D eigenvalue weighted by Gasteiger charge is -2.19. The number of aryl methyl sites for hydroxylation is 2. The molecule has 1 aliphatic carbocycles. The Morgan fingerprint density at radius 2 is 1.40 bits per heavy atom. The molecule has 65 heavy (non-hydrogen) atoms. The molecule has 0 fully saturated rings. The Kier molecular flexibility index (Phi) is 16.5. The zero-order valence-corrected chi connectivity index (χ0v) is 41.5. The second-order valence-electron chi connectivity index (χ2n) is 20.4. The Morgan fingerprint density at radius 1 is 0.800 bits per heavy atom. The number of H-pyrrole nitrogens is 2. The third kappa shape index (κ3) is 11.1. The molecule has 10 heteroatoms. The van der Waals surface area contributed by atoms with E-state index < -0.39 is 11.9 Å². The maximum absolute atomic E-state index is 13.7. The number of aromatic amines is 2. The largest absolute Gasteiger partial charge is 0.512 e. The molecular weight excluding hydrogens is 813 g/mol. The van der Waals surface area contributed by atoms with Crippen LogP contribution in [0.1, 0.15) is 208 Å². The molecule has 4 N–H and O–H groups in total. The summed E-state index contributed by atoms with van der Waals surface area (Å²) in [5.41, 5.74) is 9.71. The number of allylic oxidation sites excluding steroid dienone is 1. The first-order valence-corrected chi connectivity index (χ1v) is 24.7. The fraction of sp³-hybridized carbons (Fsp3) is 0.600. The molecule has 0 aromatic carbocycles. The third-order valence-electron chi connectivity index (χ3n) is 14.9. The van der Waals surface area contributed by atoms with Crippen molar-refractivity contribution in [3.05, 3.63) is 79.8 Å². The van der Waals surface area contributed by atoms with Gasteiger partial charge in [-0.15, -0.1) is 0 Å². The molecule has 0 amide bonds. The fourth-order valence-corrected chi connectivity index (χ4v) is 10.8. The van der Waals surface area contributed by atoms with Crippen LogP contribution in [-0.4, -0.2) is 55.8 Å². The highest BCUT2D eigenvalue weighted by molar-refractivity contribution is 5.96. The van der Waals surface area contributed by atoms with Crippen molar-refractivity contribution in [2.24, 2.45) is 17.8 Å². The van der Waals surface area contributed by atoms with Crippen LogP contribution in [0.15, 0.2) is 29.8 Å². The van der Waals surface area contributed by atoms with E-state index in [4.69, 9.17) is 19.4 Å². The van der Waals surface area contributed by atoms with Crippen LogP contribution in [0, 0.1) is 31.6 Å². The average molecular weight is 891 g/mol. The minimum atomic E-state index is -1.09. The number of ether oxygens (including phenoxy) is 2. The molecule has 0 saturated carbocycles. The van der Waals surface area contributed by atoms with Gasteiger partial charge in [-0.25, -0.2) is 0 Å². The zero-order chi connectivity index (χ0) is 47.3. The predicted molar refractivity (Wildman–Crippen MR) is 264 cm³/mol. The molecule has 0 unspecified atom stereocenters. The van der Waals surface area contributed by atoms with Gasteiger partial charge in [-0.1, -0.05) is 99.0 Å². The number of aliphatic hydroxyl groups excluding tert-OH is 2. The molecule has 7 atom stereocenters. The lowest BCUT2D eigenvalue weighted by Crippen LogP contribution is -2.18. The molecule has 0 radical (unpaired) electrons. The fourth-order valence-electron chi connectivity index (χ4n) is 10.8. The first kappa shape index (κ1) is 49.6. The van der Waals surface area contributed by atoms with Gasteiger partial charge in [0.2, 0.25) is 0 Å². The van der Waals surface area contributed by atoms with Crippen LogP contribution in [0.25, 0.3) is 33.6 Å². The molecule has 3 aliphatic rings. The summed E-state index contributed by atoms with van der Waals surface area (Å²) in [6.07, 6.45) is 14.8. The van der Waals surface area contributed by atoms with Crippen LogP contribution >= 0.6 is 0 Å². The van der Waals surface area contributed by atoms with E-state index in [9.17, 15) is 19.8 Å². The van der Waals surface area contributed by atoms with Gasteiger partial charge in [-0.05, 0) is 107 Å². The first-order valence-electron chi connectivity index (χ1n) is 24.7. The summed E-state index contributed by atoms with van der Waals surface area (Å²) in [6, 6.07) is 6.12. The number of nitrogens with zero attached hydrogens (tertiary/aromatic N) is 2. The lowest BCUT2D eigenvalue weighted by atomic mass is 9.84. The monoisotopic (exact) mass is 891 g/mol. The second-order valence-corrected chi connectivity index (χ2v) is 20.4. The normalized spacial score (nSPS) is 20.9. The van der Waals surface area contributed by atoms with E-state index in [1.807, 2.05) is 26.0 Å². The van der Waals surface area contributed by atoms with E-state index in [1.54, 1.807) is 6.92 Å².